The number of unbranched alkanes of at least 4 members (excludes halogenated alkanes) is 26. The predicted octanol–water partition coefficient (Wildman–Crippen LogP) is 11.1. The van der Waals surface area contributed by atoms with Gasteiger partial charge in [-0.1, -0.05) is 181 Å². The molecule has 0 aliphatic carbocycles. The van der Waals surface area contributed by atoms with Crippen LogP contribution < -0.4 is 5.73 Å². The summed E-state index contributed by atoms with van der Waals surface area (Å²) in [5.74, 6) is -1.25. The van der Waals surface area contributed by atoms with Crippen molar-refractivity contribution in [2.75, 3.05) is 13.2 Å². The first-order valence-corrected chi connectivity index (χ1v) is 20.2. The largest absolute Gasteiger partial charge is 0.462 e. The van der Waals surface area contributed by atoms with Crippen molar-refractivity contribution < 1.29 is 28.6 Å². The van der Waals surface area contributed by atoms with Gasteiger partial charge < -0.3 is 19.9 Å². The Morgan fingerprint density at radius 2 is 0.702 bits per heavy atom. The Morgan fingerprint density at radius 1 is 0.447 bits per heavy atom. The summed E-state index contributed by atoms with van der Waals surface area (Å²) < 4.78 is 16.1. The molecule has 0 aliphatic heterocycles. The van der Waals surface area contributed by atoms with Crippen molar-refractivity contribution in [2.45, 2.75) is 226 Å². The lowest BCUT2D eigenvalue weighted by Gasteiger charge is -2.19. The Morgan fingerprint density at radius 3 is 0.957 bits per heavy atom. The average Bonchev–Trinajstić information content (AvgIpc) is 3.06. The lowest BCUT2D eigenvalue weighted by molar-refractivity contribution is -0.167. The molecule has 7 heteroatoms. The van der Waals surface area contributed by atoms with Crippen LogP contribution in [0.1, 0.15) is 213 Å². The molecule has 0 rings (SSSR count). The molecule has 0 aromatic heterocycles. The second kappa shape index (κ2) is 35.7. The zero-order chi connectivity index (χ0) is 34.6. The molecular formula is C40H77NO6. The summed E-state index contributed by atoms with van der Waals surface area (Å²) >= 11 is 0. The maximum Gasteiger partial charge on any atom is 0.323 e. The summed E-state index contributed by atoms with van der Waals surface area (Å²) in [5.41, 5.74) is 5.64. The highest BCUT2D eigenvalue weighted by Gasteiger charge is 2.21. The molecule has 0 aromatic rings. The van der Waals surface area contributed by atoms with Crippen molar-refractivity contribution in [3.05, 3.63) is 0 Å². The van der Waals surface area contributed by atoms with E-state index in [1.165, 1.54) is 148 Å². The van der Waals surface area contributed by atoms with Gasteiger partial charge in [0.05, 0.1) is 0 Å². The molecule has 0 saturated heterocycles. The smallest absolute Gasteiger partial charge is 0.323 e. The monoisotopic (exact) mass is 668 g/mol. The first kappa shape index (κ1) is 45.4. The van der Waals surface area contributed by atoms with Crippen LogP contribution in [0.4, 0.5) is 0 Å². The quantitative estimate of drug-likeness (QED) is 0.0402. The fourth-order valence-corrected chi connectivity index (χ4v) is 5.83. The van der Waals surface area contributed by atoms with Crippen molar-refractivity contribution in [3.8, 4) is 0 Å². The highest BCUT2D eigenvalue weighted by molar-refractivity contribution is 5.75. The normalized spacial score (nSPS) is 11.9. The van der Waals surface area contributed by atoms with Gasteiger partial charge in [-0.25, -0.2) is 0 Å². The molecule has 0 spiro atoms. The Bertz CT molecular complexity index is 665. The summed E-state index contributed by atoms with van der Waals surface area (Å²) in [6, 6.07) is -0.810. The molecule has 0 aromatic carbocycles. The van der Waals surface area contributed by atoms with Crippen molar-refractivity contribution in [1.29, 1.82) is 0 Å². The van der Waals surface area contributed by atoms with Crippen LogP contribution in [0, 0.1) is 0 Å². The van der Waals surface area contributed by atoms with Crippen molar-refractivity contribution in [1.82, 2.24) is 0 Å². The van der Waals surface area contributed by atoms with Crippen LogP contribution in [-0.4, -0.2) is 43.3 Å². The number of rotatable bonds is 36. The standard InChI is InChI=1S/C40H77NO6/c1-4-6-8-10-12-14-16-18-20-22-24-26-28-30-32-38(42)45-34-37(47-40(44)36(3)41)35-46-39(43)33-31-29-27-25-23-21-19-17-15-13-11-9-7-5-2/h36-37H,4-35,41H2,1-3H3/t36-/m0/s1. The van der Waals surface area contributed by atoms with Gasteiger partial charge in [-0.05, 0) is 19.8 Å². The molecule has 0 radical (unpaired) electrons. The lowest BCUT2D eigenvalue weighted by atomic mass is 10.0. The Balaban J connectivity index is 3.90. The van der Waals surface area contributed by atoms with Gasteiger partial charge >= 0.3 is 17.9 Å². The van der Waals surface area contributed by atoms with Crippen LogP contribution in [-0.2, 0) is 28.6 Å². The molecule has 1 atom stereocenters. The van der Waals surface area contributed by atoms with E-state index in [4.69, 9.17) is 19.9 Å². The number of ether oxygens (including phenoxy) is 3. The maximum atomic E-state index is 12.3. The summed E-state index contributed by atoms with van der Waals surface area (Å²) in [7, 11) is 0. The van der Waals surface area contributed by atoms with E-state index < -0.39 is 18.1 Å². The van der Waals surface area contributed by atoms with Gasteiger partial charge in [0, 0.05) is 12.8 Å². The molecule has 0 bridgehead atoms. The molecule has 0 fully saturated rings. The van der Waals surface area contributed by atoms with Gasteiger partial charge in [0.2, 0.25) is 0 Å². The highest BCUT2D eigenvalue weighted by Crippen LogP contribution is 2.15. The van der Waals surface area contributed by atoms with Crippen LogP contribution in [0.3, 0.4) is 0 Å². The third-order valence-corrected chi connectivity index (χ3v) is 8.98. The van der Waals surface area contributed by atoms with E-state index in [9.17, 15) is 14.4 Å². The summed E-state index contributed by atoms with van der Waals surface area (Å²) in [4.78, 5) is 36.6. The van der Waals surface area contributed by atoms with E-state index >= 15 is 0 Å². The predicted molar refractivity (Wildman–Crippen MR) is 195 cm³/mol. The number of esters is 3. The zero-order valence-electron chi connectivity index (χ0n) is 31.3. The second-order valence-corrected chi connectivity index (χ2v) is 13.9. The third-order valence-electron chi connectivity index (χ3n) is 8.98. The van der Waals surface area contributed by atoms with Gasteiger partial charge in [-0.2, -0.15) is 0 Å². The van der Waals surface area contributed by atoms with Crippen LogP contribution in [0.25, 0.3) is 0 Å². The van der Waals surface area contributed by atoms with Crippen molar-refractivity contribution >= 4 is 17.9 Å². The minimum atomic E-state index is -0.853. The Kier molecular flexibility index (Phi) is 34.4. The first-order valence-electron chi connectivity index (χ1n) is 20.2. The van der Waals surface area contributed by atoms with Crippen LogP contribution >= 0.6 is 0 Å². The molecular weight excluding hydrogens is 590 g/mol. The number of nitrogens with two attached hydrogens (primary N) is 1. The molecule has 2 N–H and O–H groups in total. The topological polar surface area (TPSA) is 105 Å². The molecule has 0 amide bonds. The molecule has 7 nitrogen and oxygen atoms in total. The Hall–Kier alpha value is -1.63. The zero-order valence-corrected chi connectivity index (χ0v) is 31.3. The molecule has 0 unspecified atom stereocenters. The number of hydrogen-bond donors (Lipinski definition) is 1. The summed E-state index contributed by atoms with van der Waals surface area (Å²) in [5, 5.41) is 0. The van der Waals surface area contributed by atoms with E-state index in [0.717, 1.165) is 38.5 Å². The Labute approximate surface area is 290 Å². The second-order valence-electron chi connectivity index (χ2n) is 13.9. The minimum absolute atomic E-state index is 0.137. The SMILES string of the molecule is CCCCCCCCCCCCCCCCC(=O)OCC(COC(=O)CCCCCCCCCCCCCCCC)OC(=O)[C@H](C)N. The molecule has 0 heterocycles. The molecule has 0 saturated carbocycles. The van der Waals surface area contributed by atoms with Crippen LogP contribution in [0.15, 0.2) is 0 Å². The minimum Gasteiger partial charge on any atom is -0.462 e. The van der Waals surface area contributed by atoms with E-state index in [2.05, 4.69) is 13.8 Å². The number of hydrogen-bond acceptors (Lipinski definition) is 7. The summed E-state index contributed by atoms with van der Waals surface area (Å²) in [6.07, 6.45) is 35.1. The molecule has 278 valence electrons. The van der Waals surface area contributed by atoms with E-state index in [-0.39, 0.29) is 25.2 Å². The molecule has 0 aliphatic rings. The first-order chi connectivity index (χ1) is 22.9. The maximum absolute atomic E-state index is 12.3. The number of carbonyl (C=O) groups excluding carboxylic acids is 3. The average molecular weight is 668 g/mol. The number of carbonyl (C=O) groups is 3. The van der Waals surface area contributed by atoms with Gasteiger partial charge in [0.1, 0.15) is 19.3 Å². The van der Waals surface area contributed by atoms with E-state index in [1.807, 2.05) is 0 Å². The fourth-order valence-electron chi connectivity index (χ4n) is 5.83. The van der Waals surface area contributed by atoms with Gasteiger partial charge in [-0.3, -0.25) is 14.4 Å². The highest BCUT2D eigenvalue weighted by atomic mass is 16.6. The van der Waals surface area contributed by atoms with E-state index in [0.29, 0.717) is 12.8 Å². The van der Waals surface area contributed by atoms with E-state index in [1.54, 1.807) is 0 Å². The van der Waals surface area contributed by atoms with Gasteiger partial charge in [-0.15, -0.1) is 0 Å². The fraction of sp³-hybridized carbons (Fsp3) is 0.925. The van der Waals surface area contributed by atoms with Gasteiger partial charge in [0.15, 0.2) is 6.10 Å². The van der Waals surface area contributed by atoms with Gasteiger partial charge in [0.25, 0.3) is 0 Å². The molecule has 47 heavy (non-hydrogen) atoms. The van der Waals surface area contributed by atoms with Crippen molar-refractivity contribution in [3.63, 3.8) is 0 Å². The summed E-state index contributed by atoms with van der Waals surface area (Å²) in [6.45, 7) is 5.78. The van der Waals surface area contributed by atoms with Crippen LogP contribution in [0.2, 0.25) is 0 Å². The third kappa shape index (κ3) is 34.0. The van der Waals surface area contributed by atoms with Crippen molar-refractivity contribution in [2.24, 2.45) is 5.73 Å². The van der Waals surface area contributed by atoms with Crippen LogP contribution in [0.5, 0.6) is 0 Å². The lowest BCUT2D eigenvalue weighted by Crippen LogP contribution is -2.37.